The number of methoxy groups -OCH3 is 1. The number of anilines is 2. The van der Waals surface area contributed by atoms with Gasteiger partial charge in [0.25, 0.3) is 0 Å². The SMILES string of the molecule is COCCNc1cnnc(N2CCCC(C)C2)n1. The molecule has 1 N–H and O–H groups in total. The lowest BCUT2D eigenvalue weighted by Crippen LogP contribution is -2.35. The highest BCUT2D eigenvalue weighted by atomic mass is 16.5. The summed E-state index contributed by atoms with van der Waals surface area (Å²) in [5, 5.41) is 11.3. The Hall–Kier alpha value is -1.43. The second-order valence-corrected chi connectivity index (χ2v) is 4.75. The van der Waals surface area contributed by atoms with Gasteiger partial charge in [-0.25, -0.2) is 0 Å². The number of hydrogen-bond donors (Lipinski definition) is 1. The zero-order valence-electron chi connectivity index (χ0n) is 11.1. The normalized spacial score (nSPS) is 19.9. The van der Waals surface area contributed by atoms with Crippen LogP contribution < -0.4 is 10.2 Å². The van der Waals surface area contributed by atoms with E-state index in [2.05, 4.69) is 32.3 Å². The Morgan fingerprint density at radius 3 is 3.22 bits per heavy atom. The van der Waals surface area contributed by atoms with E-state index in [0.717, 1.165) is 31.4 Å². The average molecular weight is 251 g/mol. The highest BCUT2D eigenvalue weighted by molar-refractivity contribution is 5.39. The van der Waals surface area contributed by atoms with Crippen LogP contribution in [0.4, 0.5) is 11.8 Å². The van der Waals surface area contributed by atoms with Gasteiger partial charge >= 0.3 is 0 Å². The Labute approximate surface area is 108 Å². The van der Waals surface area contributed by atoms with Crippen molar-refractivity contribution in [1.82, 2.24) is 15.2 Å². The minimum absolute atomic E-state index is 0.653. The summed E-state index contributed by atoms with van der Waals surface area (Å²) in [6, 6.07) is 0. The monoisotopic (exact) mass is 251 g/mol. The molecule has 1 atom stereocenters. The number of hydrogen-bond acceptors (Lipinski definition) is 6. The van der Waals surface area contributed by atoms with Crippen molar-refractivity contribution in [2.45, 2.75) is 19.8 Å². The van der Waals surface area contributed by atoms with Gasteiger partial charge in [-0.15, -0.1) is 5.10 Å². The maximum atomic E-state index is 4.99. The molecule has 1 aliphatic rings. The van der Waals surface area contributed by atoms with Crippen molar-refractivity contribution in [2.75, 3.05) is 43.6 Å². The van der Waals surface area contributed by atoms with Gasteiger partial charge in [0.15, 0.2) is 5.82 Å². The summed E-state index contributed by atoms with van der Waals surface area (Å²) in [6.07, 6.45) is 4.13. The summed E-state index contributed by atoms with van der Waals surface area (Å²) >= 11 is 0. The molecular formula is C12H21N5O. The zero-order chi connectivity index (χ0) is 12.8. The van der Waals surface area contributed by atoms with E-state index in [1.54, 1.807) is 13.3 Å². The van der Waals surface area contributed by atoms with Crippen LogP contribution in [0.15, 0.2) is 6.20 Å². The number of piperidine rings is 1. The molecule has 1 aromatic heterocycles. The molecule has 100 valence electrons. The van der Waals surface area contributed by atoms with Gasteiger partial charge in [0.05, 0.1) is 12.8 Å². The van der Waals surface area contributed by atoms with Crippen molar-refractivity contribution >= 4 is 11.8 Å². The standard InChI is InChI=1S/C12H21N5O/c1-10-4-3-6-17(9-10)12-15-11(8-14-16-12)13-5-7-18-2/h8,10H,3-7,9H2,1-2H3,(H,13,15,16). The van der Waals surface area contributed by atoms with Crippen LogP contribution in [-0.4, -0.2) is 48.5 Å². The number of ether oxygens (including phenoxy) is 1. The van der Waals surface area contributed by atoms with E-state index in [-0.39, 0.29) is 0 Å². The van der Waals surface area contributed by atoms with Crippen LogP contribution in [0.25, 0.3) is 0 Å². The van der Waals surface area contributed by atoms with Crippen molar-refractivity contribution in [1.29, 1.82) is 0 Å². The van der Waals surface area contributed by atoms with Crippen molar-refractivity contribution in [2.24, 2.45) is 5.92 Å². The van der Waals surface area contributed by atoms with Crippen LogP contribution in [0.5, 0.6) is 0 Å². The predicted octanol–water partition coefficient (Wildman–Crippen LogP) is 1.17. The minimum Gasteiger partial charge on any atom is -0.383 e. The van der Waals surface area contributed by atoms with Gasteiger partial charge in [-0.3, -0.25) is 0 Å². The van der Waals surface area contributed by atoms with Crippen LogP contribution in [0.2, 0.25) is 0 Å². The Balaban J connectivity index is 1.97. The third kappa shape index (κ3) is 3.53. The first-order valence-corrected chi connectivity index (χ1v) is 6.47. The highest BCUT2D eigenvalue weighted by Crippen LogP contribution is 2.19. The molecule has 0 amide bonds. The largest absolute Gasteiger partial charge is 0.383 e. The number of rotatable bonds is 5. The van der Waals surface area contributed by atoms with Gasteiger partial charge in [-0.1, -0.05) is 6.92 Å². The molecule has 6 heteroatoms. The van der Waals surface area contributed by atoms with Crippen LogP contribution in [0, 0.1) is 5.92 Å². The molecule has 0 radical (unpaired) electrons. The van der Waals surface area contributed by atoms with Gasteiger partial charge in [-0.05, 0) is 18.8 Å². The topological polar surface area (TPSA) is 63.2 Å². The average Bonchev–Trinajstić information content (AvgIpc) is 2.39. The zero-order valence-corrected chi connectivity index (χ0v) is 11.1. The molecule has 0 spiro atoms. The molecule has 0 aromatic carbocycles. The third-order valence-corrected chi connectivity index (χ3v) is 3.10. The first-order valence-electron chi connectivity index (χ1n) is 6.47. The summed E-state index contributed by atoms with van der Waals surface area (Å²) < 4.78 is 4.99. The molecule has 1 unspecified atom stereocenters. The van der Waals surface area contributed by atoms with E-state index in [1.165, 1.54) is 12.8 Å². The molecule has 0 saturated carbocycles. The van der Waals surface area contributed by atoms with Gasteiger partial charge in [0.2, 0.25) is 5.95 Å². The summed E-state index contributed by atoms with van der Waals surface area (Å²) in [7, 11) is 1.68. The molecule has 0 aliphatic carbocycles. The molecule has 2 heterocycles. The molecule has 1 saturated heterocycles. The van der Waals surface area contributed by atoms with E-state index >= 15 is 0 Å². The van der Waals surface area contributed by atoms with E-state index in [1.807, 2.05) is 0 Å². The quantitative estimate of drug-likeness (QED) is 0.792. The fourth-order valence-electron chi connectivity index (χ4n) is 2.17. The Morgan fingerprint density at radius 1 is 1.56 bits per heavy atom. The molecular weight excluding hydrogens is 230 g/mol. The molecule has 0 bridgehead atoms. The molecule has 2 rings (SSSR count). The molecule has 6 nitrogen and oxygen atoms in total. The number of nitrogens with zero attached hydrogens (tertiary/aromatic N) is 4. The van der Waals surface area contributed by atoms with E-state index in [0.29, 0.717) is 12.5 Å². The first kappa shape index (κ1) is 13.0. The molecule has 1 aromatic rings. The van der Waals surface area contributed by atoms with Crippen LogP contribution in [0.1, 0.15) is 19.8 Å². The highest BCUT2D eigenvalue weighted by Gasteiger charge is 2.19. The third-order valence-electron chi connectivity index (χ3n) is 3.10. The second kappa shape index (κ2) is 6.49. The second-order valence-electron chi connectivity index (χ2n) is 4.75. The van der Waals surface area contributed by atoms with Crippen molar-refractivity contribution in [3.63, 3.8) is 0 Å². The summed E-state index contributed by atoms with van der Waals surface area (Å²) in [5.41, 5.74) is 0. The maximum absolute atomic E-state index is 4.99. The fourth-order valence-corrected chi connectivity index (χ4v) is 2.17. The van der Waals surface area contributed by atoms with Crippen molar-refractivity contribution in [3.8, 4) is 0 Å². The predicted molar refractivity (Wildman–Crippen MR) is 70.8 cm³/mol. The van der Waals surface area contributed by atoms with Crippen molar-refractivity contribution in [3.05, 3.63) is 6.20 Å². The molecule has 18 heavy (non-hydrogen) atoms. The van der Waals surface area contributed by atoms with Crippen molar-refractivity contribution < 1.29 is 4.74 Å². The van der Waals surface area contributed by atoms with Crippen LogP contribution in [-0.2, 0) is 4.74 Å². The van der Waals surface area contributed by atoms with E-state index < -0.39 is 0 Å². The van der Waals surface area contributed by atoms with E-state index in [9.17, 15) is 0 Å². The van der Waals surface area contributed by atoms with Crippen LogP contribution in [0.3, 0.4) is 0 Å². The maximum Gasteiger partial charge on any atom is 0.247 e. The Kier molecular flexibility index (Phi) is 4.69. The Morgan fingerprint density at radius 2 is 2.44 bits per heavy atom. The lowest BCUT2D eigenvalue weighted by Gasteiger charge is -2.30. The van der Waals surface area contributed by atoms with Gasteiger partial charge in [-0.2, -0.15) is 10.1 Å². The summed E-state index contributed by atoms with van der Waals surface area (Å²) in [5.74, 6) is 2.19. The van der Waals surface area contributed by atoms with E-state index in [4.69, 9.17) is 4.74 Å². The Bertz CT molecular complexity index is 373. The lowest BCUT2D eigenvalue weighted by atomic mass is 10.0. The molecule has 1 aliphatic heterocycles. The molecule has 1 fully saturated rings. The van der Waals surface area contributed by atoms with Gasteiger partial charge in [0, 0.05) is 26.7 Å². The fraction of sp³-hybridized carbons (Fsp3) is 0.750. The van der Waals surface area contributed by atoms with Gasteiger partial charge < -0.3 is 15.0 Å². The number of aromatic nitrogens is 3. The summed E-state index contributed by atoms with van der Waals surface area (Å²) in [6.45, 7) is 5.68. The number of nitrogens with one attached hydrogen (secondary N) is 1. The van der Waals surface area contributed by atoms with Crippen LogP contribution >= 0.6 is 0 Å². The lowest BCUT2D eigenvalue weighted by molar-refractivity contribution is 0.210. The smallest absolute Gasteiger partial charge is 0.247 e. The van der Waals surface area contributed by atoms with Gasteiger partial charge in [0.1, 0.15) is 0 Å². The first-order chi connectivity index (χ1) is 8.79. The minimum atomic E-state index is 0.653. The summed E-state index contributed by atoms with van der Waals surface area (Å²) in [4.78, 5) is 6.70.